The Morgan fingerprint density at radius 3 is 1.43 bits per heavy atom. The summed E-state index contributed by atoms with van der Waals surface area (Å²) in [5.74, 6) is 0. The number of para-hydroxylation sites is 1. The molecule has 0 N–H and O–H groups in total. The molecule has 0 atom stereocenters. The second kappa shape index (κ2) is 22.3. The van der Waals surface area contributed by atoms with Gasteiger partial charge >= 0.3 is 0 Å². The third kappa shape index (κ3) is 14.6. The average molecular weight is 1110 g/mol. The third-order valence-electron chi connectivity index (χ3n) is 11.7. The van der Waals surface area contributed by atoms with Crippen LogP contribution < -0.4 is 5.19 Å². The summed E-state index contributed by atoms with van der Waals surface area (Å²) in [6, 6.07) is 54.9. The van der Waals surface area contributed by atoms with Gasteiger partial charge in [0.2, 0.25) is 0 Å². The second-order valence-corrected chi connectivity index (χ2v) is 27.9. The maximum Gasteiger partial charge on any atom is 0.144 e. The molecule has 9 rings (SSSR count). The molecule has 357 valence electrons. The number of benzene rings is 5. The monoisotopic (exact) mass is 1110 g/mol. The Morgan fingerprint density at radius 1 is 0.449 bits per heavy atom. The molecule has 1 radical (unpaired) electrons. The van der Waals surface area contributed by atoms with E-state index in [4.69, 9.17) is 9.40 Å². The van der Waals surface area contributed by atoms with E-state index in [0.29, 0.717) is 10.8 Å². The zero-order valence-electron chi connectivity index (χ0n) is 42.9. The topological polar surface area (TPSA) is 51.8 Å². The molecule has 4 nitrogen and oxygen atoms in total. The number of furan rings is 1. The van der Waals surface area contributed by atoms with E-state index in [-0.39, 0.29) is 25.5 Å². The van der Waals surface area contributed by atoms with Crippen molar-refractivity contribution in [1.82, 2.24) is 15.0 Å². The summed E-state index contributed by atoms with van der Waals surface area (Å²) in [6.07, 6.45) is 9.15. The molecule has 0 spiro atoms. The standard InChI is InChI=1S/C28H25NO.C19H27NSi.C16H19N.Ir/c1-28(2,3)18-19-15-16-29-24(17-19)22-12-7-13-23-26-21(20-9-5-4-6-10-20)11-8-14-25(26)30-27(22)23;1-19(2,3)13-16-12-17(15-10-8-7-9-11-15)20-14-18(16)21(4,5)6;1-16(2,3)12-13-9-10-17-15(11-13)14-7-5-4-6-8-14;/h4-17H,18H2,1-3H3;7-12,14H,13H2,1-6H3;4-11H,12H2,1-3H3;. The SMILES string of the molecule is CC(C)(C)Cc1cc(-c2ccccc2)ncc1[Si](C)(C)C.CC(C)(C)Cc1ccnc(-c2cccc3c2oc2cccc(-c4ccccc4)c23)c1.CC(C)(C)Cc1ccnc(-c2ccccc2)c1.[Ir]. The third-order valence-corrected chi connectivity index (χ3v) is 13.7. The van der Waals surface area contributed by atoms with Crippen LogP contribution in [0.5, 0.6) is 0 Å². The molecule has 5 aromatic carbocycles. The molecule has 4 aromatic heterocycles. The number of hydrogen-bond donors (Lipinski definition) is 0. The smallest absolute Gasteiger partial charge is 0.144 e. The van der Waals surface area contributed by atoms with Crippen molar-refractivity contribution in [3.63, 3.8) is 0 Å². The van der Waals surface area contributed by atoms with Crippen molar-refractivity contribution in [2.45, 2.75) is 101 Å². The van der Waals surface area contributed by atoms with Crippen molar-refractivity contribution in [1.29, 1.82) is 0 Å². The molecule has 0 fully saturated rings. The summed E-state index contributed by atoms with van der Waals surface area (Å²) in [5, 5.41) is 3.79. The van der Waals surface area contributed by atoms with E-state index in [0.717, 1.165) is 63.8 Å². The molecule has 6 heteroatoms. The van der Waals surface area contributed by atoms with E-state index >= 15 is 0 Å². The molecule has 0 aliphatic heterocycles. The fourth-order valence-corrected chi connectivity index (χ4v) is 10.4. The maximum atomic E-state index is 6.40. The van der Waals surface area contributed by atoms with Gasteiger partial charge in [-0.25, -0.2) is 0 Å². The molecule has 0 aliphatic rings. The molecule has 0 saturated carbocycles. The van der Waals surface area contributed by atoms with Crippen LogP contribution in [0.15, 0.2) is 181 Å². The van der Waals surface area contributed by atoms with Crippen LogP contribution in [0.1, 0.15) is 79.0 Å². The van der Waals surface area contributed by atoms with Gasteiger partial charge in [0, 0.05) is 66.2 Å². The summed E-state index contributed by atoms with van der Waals surface area (Å²) in [7, 11) is -1.36. The zero-order valence-corrected chi connectivity index (χ0v) is 46.3. The normalized spacial score (nSPS) is 11.8. The fraction of sp³-hybridized carbons (Fsp3) is 0.286. The molecule has 9 aromatic rings. The summed E-state index contributed by atoms with van der Waals surface area (Å²) < 4.78 is 6.40. The molecular weight excluding hydrogens is 1040 g/mol. The van der Waals surface area contributed by atoms with Gasteiger partial charge in [0.15, 0.2) is 0 Å². The number of hydrogen-bond acceptors (Lipinski definition) is 4. The minimum Gasteiger partial charge on any atom is -0.455 e. The first-order valence-corrected chi connectivity index (χ1v) is 27.7. The maximum absolute atomic E-state index is 6.40. The van der Waals surface area contributed by atoms with E-state index < -0.39 is 8.07 Å². The quantitative estimate of drug-likeness (QED) is 0.142. The van der Waals surface area contributed by atoms with Gasteiger partial charge in [-0.3, -0.25) is 15.0 Å². The van der Waals surface area contributed by atoms with Crippen molar-refractivity contribution in [3.8, 4) is 44.9 Å². The van der Waals surface area contributed by atoms with Crippen molar-refractivity contribution in [2.24, 2.45) is 16.2 Å². The Morgan fingerprint density at radius 2 is 0.913 bits per heavy atom. The number of fused-ring (bicyclic) bond motifs is 3. The Kier molecular flexibility index (Phi) is 17.0. The van der Waals surface area contributed by atoms with E-state index in [1.807, 2.05) is 36.7 Å². The summed E-state index contributed by atoms with van der Waals surface area (Å²) in [5.41, 5.74) is 15.7. The molecular formula is C63H71IrN3OSi. The summed E-state index contributed by atoms with van der Waals surface area (Å²) in [4.78, 5) is 13.9. The van der Waals surface area contributed by atoms with Crippen molar-refractivity contribution in [2.75, 3.05) is 0 Å². The van der Waals surface area contributed by atoms with Gasteiger partial charge in [-0.1, -0.05) is 197 Å². The first-order chi connectivity index (χ1) is 32.2. The Labute approximate surface area is 427 Å². The Bertz CT molecular complexity index is 3060. The van der Waals surface area contributed by atoms with Gasteiger partial charge in [0.05, 0.1) is 25.2 Å². The van der Waals surface area contributed by atoms with Gasteiger partial charge in [-0.15, -0.1) is 0 Å². The predicted octanol–water partition coefficient (Wildman–Crippen LogP) is 17.1. The van der Waals surface area contributed by atoms with Crippen LogP contribution in [-0.2, 0) is 39.4 Å². The van der Waals surface area contributed by atoms with Gasteiger partial charge in [0.25, 0.3) is 0 Å². The van der Waals surface area contributed by atoms with Gasteiger partial charge < -0.3 is 4.42 Å². The molecule has 0 unspecified atom stereocenters. The fourth-order valence-electron chi connectivity index (χ4n) is 8.87. The van der Waals surface area contributed by atoms with Gasteiger partial charge in [0.1, 0.15) is 11.2 Å². The van der Waals surface area contributed by atoms with Crippen LogP contribution in [-0.4, -0.2) is 23.0 Å². The Balaban J connectivity index is 0.000000177. The van der Waals surface area contributed by atoms with Crippen molar-refractivity contribution in [3.05, 3.63) is 193 Å². The largest absolute Gasteiger partial charge is 0.455 e. The molecule has 69 heavy (non-hydrogen) atoms. The number of nitrogens with zero attached hydrogens (tertiary/aromatic N) is 3. The molecule has 4 heterocycles. The minimum absolute atomic E-state index is 0. The van der Waals surface area contributed by atoms with Crippen LogP contribution in [0, 0.1) is 16.2 Å². The van der Waals surface area contributed by atoms with Gasteiger partial charge in [-0.05, 0) is 111 Å². The number of aromatic nitrogens is 3. The van der Waals surface area contributed by atoms with Crippen molar-refractivity contribution >= 4 is 35.2 Å². The van der Waals surface area contributed by atoms with Gasteiger partial charge in [-0.2, -0.15) is 0 Å². The predicted molar refractivity (Wildman–Crippen MR) is 294 cm³/mol. The first kappa shape index (κ1) is 52.6. The van der Waals surface area contributed by atoms with Crippen molar-refractivity contribution < 1.29 is 24.5 Å². The number of rotatable bonds is 8. The molecule has 0 amide bonds. The van der Waals surface area contributed by atoms with Crippen LogP contribution in [0.2, 0.25) is 19.6 Å². The zero-order chi connectivity index (χ0) is 48.7. The van der Waals surface area contributed by atoms with E-state index in [1.54, 1.807) is 0 Å². The van der Waals surface area contributed by atoms with E-state index in [1.165, 1.54) is 44.1 Å². The number of pyridine rings is 3. The van der Waals surface area contributed by atoms with E-state index in [9.17, 15) is 0 Å². The van der Waals surface area contributed by atoms with E-state index in [2.05, 4.69) is 232 Å². The molecule has 0 bridgehead atoms. The minimum atomic E-state index is -1.36. The molecule has 0 saturated heterocycles. The van der Waals surface area contributed by atoms with Crippen LogP contribution in [0.25, 0.3) is 66.8 Å². The summed E-state index contributed by atoms with van der Waals surface area (Å²) >= 11 is 0. The molecule has 0 aliphatic carbocycles. The second-order valence-electron chi connectivity index (χ2n) is 22.8. The average Bonchev–Trinajstić information content (AvgIpc) is 3.68. The van der Waals surface area contributed by atoms with Crippen LogP contribution >= 0.6 is 0 Å². The summed E-state index contributed by atoms with van der Waals surface area (Å²) in [6.45, 7) is 27.7. The van der Waals surface area contributed by atoms with Crippen LogP contribution in [0.4, 0.5) is 0 Å². The first-order valence-electron chi connectivity index (χ1n) is 24.2. The Hall–Kier alpha value is -5.78. The van der Waals surface area contributed by atoms with Crippen LogP contribution in [0.3, 0.4) is 0 Å².